The smallest absolute Gasteiger partial charge is 0.250 e. The van der Waals surface area contributed by atoms with Gasteiger partial charge < -0.3 is 15.1 Å². The van der Waals surface area contributed by atoms with Gasteiger partial charge >= 0.3 is 0 Å². The van der Waals surface area contributed by atoms with E-state index in [1.54, 1.807) is 0 Å². The Morgan fingerprint density at radius 2 is 1.77 bits per heavy atom. The number of carbonyl (C=O) groups is 3. The van der Waals surface area contributed by atoms with Crippen molar-refractivity contribution in [3.63, 3.8) is 0 Å². The Labute approximate surface area is 187 Å². The number of anilines is 2. The van der Waals surface area contributed by atoms with Gasteiger partial charge in [-0.15, -0.1) is 11.8 Å². The molecule has 2 heterocycles. The predicted octanol–water partition coefficient (Wildman–Crippen LogP) is 3.84. The summed E-state index contributed by atoms with van der Waals surface area (Å²) in [7, 11) is 0. The largest absolute Gasteiger partial charge is 0.341 e. The monoisotopic (exact) mass is 437 g/mol. The van der Waals surface area contributed by atoms with E-state index < -0.39 is 5.25 Å². The molecular formula is C24H27N3O3S. The van der Waals surface area contributed by atoms with Gasteiger partial charge in [0.15, 0.2) is 5.25 Å². The summed E-state index contributed by atoms with van der Waals surface area (Å²) in [5, 5.41) is 2.01. The molecule has 2 aliphatic heterocycles. The van der Waals surface area contributed by atoms with Crippen LogP contribution in [0, 0.1) is 6.92 Å². The number of nitrogens with zero attached hydrogens (tertiary/aromatic N) is 2. The third kappa shape index (κ3) is 4.93. The Morgan fingerprint density at radius 3 is 2.52 bits per heavy atom. The molecule has 2 aliphatic rings. The normalized spacial score (nSPS) is 18.9. The van der Waals surface area contributed by atoms with E-state index in [-0.39, 0.29) is 24.3 Å². The summed E-state index contributed by atoms with van der Waals surface area (Å²) in [6.07, 6.45) is 4.17. The van der Waals surface area contributed by atoms with E-state index in [1.165, 1.54) is 16.7 Å². The highest BCUT2D eigenvalue weighted by molar-refractivity contribution is 8.01. The van der Waals surface area contributed by atoms with Crippen molar-refractivity contribution in [2.75, 3.05) is 29.9 Å². The van der Waals surface area contributed by atoms with Crippen molar-refractivity contribution >= 4 is 40.9 Å². The summed E-state index contributed by atoms with van der Waals surface area (Å²) in [5.41, 5.74) is 2.41. The van der Waals surface area contributed by atoms with Crippen LogP contribution in [0.15, 0.2) is 53.4 Å². The molecule has 2 aromatic rings. The molecule has 1 atom stereocenters. The highest BCUT2D eigenvalue weighted by atomic mass is 32.2. The molecule has 1 saturated heterocycles. The van der Waals surface area contributed by atoms with Gasteiger partial charge in [0.2, 0.25) is 11.8 Å². The Bertz CT molecular complexity index is 986. The van der Waals surface area contributed by atoms with Crippen LogP contribution in [-0.4, -0.2) is 47.5 Å². The lowest BCUT2D eigenvalue weighted by atomic mass is 10.2. The fourth-order valence-corrected chi connectivity index (χ4v) is 5.25. The molecule has 6 nitrogen and oxygen atoms in total. The maximum Gasteiger partial charge on any atom is 0.250 e. The van der Waals surface area contributed by atoms with Crippen molar-refractivity contribution in [3.05, 3.63) is 54.1 Å². The van der Waals surface area contributed by atoms with Crippen LogP contribution in [0.1, 0.15) is 31.2 Å². The minimum Gasteiger partial charge on any atom is -0.341 e. The van der Waals surface area contributed by atoms with E-state index in [2.05, 4.69) is 5.32 Å². The van der Waals surface area contributed by atoms with Crippen LogP contribution in [-0.2, 0) is 14.4 Å². The number of hydrogen-bond acceptors (Lipinski definition) is 4. The first-order valence-corrected chi connectivity index (χ1v) is 11.6. The van der Waals surface area contributed by atoms with Gasteiger partial charge in [-0.1, -0.05) is 37.1 Å². The molecule has 0 radical (unpaired) electrons. The number of nitrogens with one attached hydrogen (secondary N) is 1. The predicted molar refractivity (Wildman–Crippen MR) is 123 cm³/mol. The molecule has 31 heavy (non-hydrogen) atoms. The second-order valence-corrected chi connectivity index (χ2v) is 9.19. The fraction of sp³-hybridized carbons (Fsp3) is 0.375. The Morgan fingerprint density at radius 1 is 1.03 bits per heavy atom. The first-order chi connectivity index (χ1) is 15.0. The first kappa shape index (κ1) is 21.4. The number of fused-ring (bicyclic) bond motifs is 1. The van der Waals surface area contributed by atoms with Crippen LogP contribution in [0.5, 0.6) is 0 Å². The molecular weight excluding hydrogens is 410 g/mol. The fourth-order valence-electron chi connectivity index (χ4n) is 4.06. The molecule has 0 spiro atoms. The summed E-state index contributed by atoms with van der Waals surface area (Å²) in [6.45, 7) is 3.21. The molecule has 2 aromatic carbocycles. The van der Waals surface area contributed by atoms with E-state index in [4.69, 9.17) is 0 Å². The molecule has 4 rings (SSSR count). The summed E-state index contributed by atoms with van der Waals surface area (Å²) < 4.78 is 0. The molecule has 0 bridgehead atoms. The first-order valence-electron chi connectivity index (χ1n) is 10.8. The van der Waals surface area contributed by atoms with Gasteiger partial charge in [0.25, 0.3) is 5.91 Å². The standard InChI is InChI=1S/C24H27N3O3S/c1-17-9-8-10-18(15-17)25-21(28)16-27-19-11-4-5-12-20(19)31-22(24(27)30)23(29)26-13-6-2-3-7-14-26/h4-5,8-12,15,22H,2-3,6-7,13-14,16H2,1H3,(H,25,28). The number of carbonyl (C=O) groups excluding carboxylic acids is 3. The number of para-hydroxylation sites is 1. The quantitative estimate of drug-likeness (QED) is 0.738. The number of rotatable bonds is 4. The lowest BCUT2D eigenvalue weighted by Crippen LogP contribution is -2.51. The van der Waals surface area contributed by atoms with Gasteiger partial charge in [-0.2, -0.15) is 0 Å². The summed E-state index contributed by atoms with van der Waals surface area (Å²) in [4.78, 5) is 43.5. The second-order valence-electron chi connectivity index (χ2n) is 8.05. The third-order valence-corrected chi connectivity index (χ3v) is 6.87. The number of thioether (sulfide) groups is 1. The minimum atomic E-state index is -0.847. The van der Waals surface area contributed by atoms with Gasteiger partial charge in [-0.3, -0.25) is 14.4 Å². The third-order valence-electron chi connectivity index (χ3n) is 5.64. The maximum absolute atomic E-state index is 13.4. The molecule has 0 aliphatic carbocycles. The van der Waals surface area contributed by atoms with Crippen molar-refractivity contribution in [2.45, 2.75) is 42.8 Å². The zero-order valence-electron chi connectivity index (χ0n) is 17.7. The van der Waals surface area contributed by atoms with Gasteiger partial charge in [0.05, 0.1) is 5.69 Å². The van der Waals surface area contributed by atoms with Gasteiger partial charge in [0.1, 0.15) is 6.54 Å². The van der Waals surface area contributed by atoms with E-state index in [9.17, 15) is 14.4 Å². The Balaban J connectivity index is 1.54. The molecule has 0 saturated carbocycles. The second kappa shape index (κ2) is 9.56. The number of hydrogen-bond donors (Lipinski definition) is 1. The van der Waals surface area contributed by atoms with Gasteiger partial charge in [-0.05, 0) is 49.6 Å². The van der Waals surface area contributed by atoms with Crippen LogP contribution < -0.4 is 10.2 Å². The maximum atomic E-state index is 13.4. The summed E-state index contributed by atoms with van der Waals surface area (Å²) in [5.74, 6) is -0.755. The molecule has 1 N–H and O–H groups in total. The van der Waals surface area contributed by atoms with E-state index >= 15 is 0 Å². The topological polar surface area (TPSA) is 69.7 Å². The average Bonchev–Trinajstić information content (AvgIpc) is 3.05. The number of likely N-dealkylation sites (tertiary alicyclic amines) is 1. The van der Waals surface area contributed by atoms with Crippen molar-refractivity contribution in [2.24, 2.45) is 0 Å². The summed E-state index contributed by atoms with van der Waals surface area (Å²) >= 11 is 1.30. The number of amides is 3. The van der Waals surface area contributed by atoms with Crippen LogP contribution in [0.2, 0.25) is 0 Å². The molecule has 3 amide bonds. The van der Waals surface area contributed by atoms with Gasteiger partial charge in [0, 0.05) is 23.7 Å². The van der Waals surface area contributed by atoms with E-state index in [1.807, 2.05) is 60.4 Å². The van der Waals surface area contributed by atoms with Crippen molar-refractivity contribution in [1.82, 2.24) is 4.90 Å². The highest BCUT2D eigenvalue weighted by Crippen LogP contribution is 2.39. The van der Waals surface area contributed by atoms with Crippen LogP contribution in [0.25, 0.3) is 0 Å². The van der Waals surface area contributed by atoms with Crippen LogP contribution in [0.3, 0.4) is 0 Å². The molecule has 1 unspecified atom stereocenters. The Kier molecular flexibility index (Phi) is 6.61. The van der Waals surface area contributed by atoms with Gasteiger partial charge in [-0.25, -0.2) is 0 Å². The molecule has 1 fully saturated rings. The summed E-state index contributed by atoms with van der Waals surface area (Å²) in [6, 6.07) is 15.0. The molecule has 0 aromatic heterocycles. The van der Waals surface area contributed by atoms with E-state index in [0.29, 0.717) is 24.5 Å². The van der Waals surface area contributed by atoms with Crippen LogP contribution in [0.4, 0.5) is 11.4 Å². The van der Waals surface area contributed by atoms with Crippen LogP contribution >= 0.6 is 11.8 Å². The lowest BCUT2D eigenvalue weighted by Gasteiger charge is -2.34. The highest BCUT2D eigenvalue weighted by Gasteiger charge is 2.40. The Hall–Kier alpha value is -2.80. The SMILES string of the molecule is Cc1cccc(NC(=O)CN2C(=O)C(C(=O)N3CCCCCC3)Sc3ccccc32)c1. The number of benzene rings is 2. The number of aryl methyl sites for hydroxylation is 1. The molecule has 162 valence electrons. The zero-order valence-corrected chi connectivity index (χ0v) is 18.5. The van der Waals surface area contributed by atoms with Crippen molar-refractivity contribution < 1.29 is 14.4 Å². The minimum absolute atomic E-state index is 0.131. The molecule has 7 heteroatoms. The van der Waals surface area contributed by atoms with Crippen molar-refractivity contribution in [1.29, 1.82) is 0 Å². The van der Waals surface area contributed by atoms with E-state index in [0.717, 1.165) is 36.1 Å². The average molecular weight is 438 g/mol. The lowest BCUT2D eigenvalue weighted by molar-refractivity contribution is -0.135. The zero-order chi connectivity index (χ0) is 21.8. The van der Waals surface area contributed by atoms with Crippen molar-refractivity contribution in [3.8, 4) is 0 Å².